The molecular weight excluding hydrogens is 280 g/mol. The Labute approximate surface area is 123 Å². The number of amides is 4. The SMILES string of the molecule is CC.CN1C(=O)C=CC1=O.CSC1CC(=O)N(C)C1=O. The summed E-state index contributed by atoms with van der Waals surface area (Å²) in [5.74, 6) is -0.605. The van der Waals surface area contributed by atoms with Gasteiger partial charge in [0.25, 0.3) is 11.8 Å². The highest BCUT2D eigenvalue weighted by Crippen LogP contribution is 2.21. The number of thioether (sulfide) groups is 1. The maximum Gasteiger partial charge on any atom is 0.253 e. The molecule has 1 saturated heterocycles. The zero-order valence-corrected chi connectivity index (χ0v) is 13.2. The molecule has 20 heavy (non-hydrogen) atoms. The molecule has 2 heterocycles. The summed E-state index contributed by atoms with van der Waals surface area (Å²) in [4.78, 5) is 44.9. The topological polar surface area (TPSA) is 74.8 Å². The lowest BCUT2D eigenvalue weighted by molar-refractivity contribution is -0.137. The first kappa shape index (κ1) is 18.4. The van der Waals surface area contributed by atoms with Crippen molar-refractivity contribution in [3.8, 4) is 0 Å². The largest absolute Gasteiger partial charge is 0.285 e. The number of carbonyl (C=O) groups is 4. The lowest BCUT2D eigenvalue weighted by atomic mass is 10.4. The van der Waals surface area contributed by atoms with E-state index >= 15 is 0 Å². The summed E-state index contributed by atoms with van der Waals surface area (Å²) >= 11 is 1.44. The van der Waals surface area contributed by atoms with Crippen LogP contribution in [0.1, 0.15) is 20.3 Å². The van der Waals surface area contributed by atoms with Gasteiger partial charge in [-0.25, -0.2) is 0 Å². The van der Waals surface area contributed by atoms with Crippen molar-refractivity contribution in [2.75, 3.05) is 20.4 Å². The highest BCUT2D eigenvalue weighted by atomic mass is 32.2. The van der Waals surface area contributed by atoms with Gasteiger partial charge in [0, 0.05) is 32.7 Å². The molecule has 112 valence electrons. The van der Waals surface area contributed by atoms with E-state index in [2.05, 4.69) is 0 Å². The zero-order chi connectivity index (χ0) is 15.9. The molecule has 0 N–H and O–H groups in total. The molecule has 2 aliphatic rings. The van der Waals surface area contributed by atoms with Gasteiger partial charge < -0.3 is 0 Å². The monoisotopic (exact) mass is 300 g/mol. The minimum Gasteiger partial charge on any atom is -0.285 e. The fraction of sp³-hybridized carbons (Fsp3) is 0.538. The maximum atomic E-state index is 11.0. The van der Waals surface area contributed by atoms with Crippen LogP contribution in [-0.4, -0.2) is 59.0 Å². The van der Waals surface area contributed by atoms with Crippen molar-refractivity contribution in [1.29, 1.82) is 0 Å². The summed E-state index contributed by atoms with van der Waals surface area (Å²) in [6, 6.07) is 0. The van der Waals surface area contributed by atoms with Crippen LogP contribution >= 0.6 is 11.8 Å². The van der Waals surface area contributed by atoms with E-state index in [0.29, 0.717) is 6.42 Å². The molecule has 0 aliphatic carbocycles. The first-order valence-corrected chi connectivity index (χ1v) is 7.50. The fourth-order valence-corrected chi connectivity index (χ4v) is 2.05. The number of rotatable bonds is 1. The van der Waals surface area contributed by atoms with E-state index in [1.165, 1.54) is 42.9 Å². The van der Waals surface area contributed by atoms with Gasteiger partial charge in [0.15, 0.2) is 0 Å². The smallest absolute Gasteiger partial charge is 0.253 e. The average Bonchev–Trinajstić information content (AvgIpc) is 2.89. The van der Waals surface area contributed by atoms with E-state index in [-0.39, 0.29) is 28.9 Å². The van der Waals surface area contributed by atoms with Crippen molar-refractivity contribution in [2.45, 2.75) is 25.5 Å². The number of carbonyl (C=O) groups excluding carboxylic acids is 4. The molecule has 0 aromatic rings. The van der Waals surface area contributed by atoms with Crippen molar-refractivity contribution in [3.05, 3.63) is 12.2 Å². The summed E-state index contributed by atoms with van der Waals surface area (Å²) in [6.45, 7) is 4.00. The van der Waals surface area contributed by atoms with Crippen LogP contribution < -0.4 is 0 Å². The van der Waals surface area contributed by atoms with E-state index in [1.807, 2.05) is 20.1 Å². The number of hydrogen-bond donors (Lipinski definition) is 0. The molecule has 2 rings (SSSR count). The van der Waals surface area contributed by atoms with Crippen LogP contribution in [0.15, 0.2) is 12.2 Å². The Kier molecular flexibility index (Phi) is 7.83. The molecular formula is C13H20N2O4S. The summed E-state index contributed by atoms with van der Waals surface area (Å²) in [5.41, 5.74) is 0. The third-order valence-corrected chi connectivity index (χ3v) is 3.59. The van der Waals surface area contributed by atoms with Gasteiger partial charge in [0.1, 0.15) is 0 Å². The minimum atomic E-state index is -0.241. The number of likely N-dealkylation sites (tertiary alicyclic amines) is 1. The number of likely N-dealkylation sites (N-methyl/N-ethyl adjacent to an activating group) is 1. The van der Waals surface area contributed by atoms with Crippen molar-refractivity contribution in [2.24, 2.45) is 0 Å². The molecule has 0 saturated carbocycles. The summed E-state index contributed by atoms with van der Waals surface area (Å²) in [7, 11) is 2.98. The van der Waals surface area contributed by atoms with Gasteiger partial charge in [0.2, 0.25) is 11.8 Å². The Balaban J connectivity index is 0.000000327. The van der Waals surface area contributed by atoms with Crippen LogP contribution in [0.3, 0.4) is 0 Å². The first-order valence-electron chi connectivity index (χ1n) is 6.21. The van der Waals surface area contributed by atoms with E-state index in [1.54, 1.807) is 0 Å². The summed E-state index contributed by atoms with van der Waals surface area (Å²) < 4.78 is 0. The maximum absolute atomic E-state index is 11.0. The second-order valence-electron chi connectivity index (χ2n) is 3.79. The number of nitrogens with zero attached hydrogens (tertiary/aromatic N) is 2. The summed E-state index contributed by atoms with van der Waals surface area (Å²) in [5, 5.41) is -0.127. The molecule has 0 radical (unpaired) electrons. The molecule has 7 heteroatoms. The Bertz CT molecular complexity index is 416. The quantitative estimate of drug-likeness (QED) is 0.666. The molecule has 0 bridgehead atoms. The molecule has 0 aromatic carbocycles. The third-order valence-electron chi connectivity index (χ3n) is 2.65. The van der Waals surface area contributed by atoms with E-state index < -0.39 is 0 Å². The fourth-order valence-electron chi connectivity index (χ4n) is 1.38. The normalized spacial score (nSPS) is 20.8. The van der Waals surface area contributed by atoms with Crippen LogP contribution in [0.4, 0.5) is 0 Å². The Morgan fingerprint density at radius 2 is 1.45 bits per heavy atom. The Morgan fingerprint density at radius 3 is 1.60 bits per heavy atom. The van der Waals surface area contributed by atoms with Crippen LogP contribution in [0.5, 0.6) is 0 Å². The van der Waals surface area contributed by atoms with Gasteiger partial charge in [-0.05, 0) is 6.26 Å². The van der Waals surface area contributed by atoms with Crippen molar-refractivity contribution in [3.63, 3.8) is 0 Å². The second kappa shape index (κ2) is 8.52. The molecule has 1 unspecified atom stereocenters. The Hall–Kier alpha value is -1.63. The molecule has 0 aromatic heterocycles. The lowest BCUT2D eigenvalue weighted by Gasteiger charge is -2.04. The summed E-state index contributed by atoms with van der Waals surface area (Å²) in [6.07, 6.45) is 4.72. The molecule has 1 fully saturated rings. The molecule has 6 nitrogen and oxygen atoms in total. The third kappa shape index (κ3) is 4.48. The second-order valence-corrected chi connectivity index (χ2v) is 4.83. The standard InChI is InChI=1S/C6H9NO2S.C5H5NO2.C2H6/c1-7-5(8)3-4(10-2)6(7)9;1-6-4(7)2-3-5(6)8;1-2/h4H,3H2,1-2H3;2-3H,1H3;1-2H3. The van der Waals surface area contributed by atoms with Gasteiger partial charge in [-0.1, -0.05) is 13.8 Å². The molecule has 1 atom stereocenters. The molecule has 0 spiro atoms. The van der Waals surface area contributed by atoms with Crippen molar-refractivity contribution < 1.29 is 19.2 Å². The van der Waals surface area contributed by atoms with E-state index in [0.717, 1.165) is 4.90 Å². The lowest BCUT2D eigenvalue weighted by Crippen LogP contribution is -2.26. The molecule has 2 aliphatic heterocycles. The predicted octanol–water partition coefficient (Wildman–Crippen LogP) is 0.674. The predicted molar refractivity (Wildman–Crippen MR) is 78.0 cm³/mol. The van der Waals surface area contributed by atoms with Crippen molar-refractivity contribution >= 4 is 35.4 Å². The highest BCUT2D eigenvalue weighted by molar-refractivity contribution is 8.00. The minimum absolute atomic E-state index is 0.0579. The first-order chi connectivity index (χ1) is 9.38. The van der Waals surface area contributed by atoms with Gasteiger partial charge >= 0.3 is 0 Å². The Morgan fingerprint density at radius 1 is 1.00 bits per heavy atom. The van der Waals surface area contributed by atoms with Gasteiger partial charge in [-0.15, -0.1) is 0 Å². The number of hydrogen-bond acceptors (Lipinski definition) is 5. The van der Waals surface area contributed by atoms with Crippen LogP contribution in [0, 0.1) is 0 Å². The zero-order valence-electron chi connectivity index (χ0n) is 12.4. The number of imide groups is 2. The van der Waals surface area contributed by atoms with E-state index in [4.69, 9.17) is 0 Å². The van der Waals surface area contributed by atoms with Gasteiger partial charge in [0.05, 0.1) is 5.25 Å². The highest BCUT2D eigenvalue weighted by Gasteiger charge is 2.34. The van der Waals surface area contributed by atoms with Gasteiger partial charge in [-0.3, -0.25) is 29.0 Å². The molecule has 4 amide bonds. The van der Waals surface area contributed by atoms with Crippen LogP contribution in [0.2, 0.25) is 0 Å². The average molecular weight is 300 g/mol. The van der Waals surface area contributed by atoms with Crippen LogP contribution in [-0.2, 0) is 19.2 Å². The van der Waals surface area contributed by atoms with Gasteiger partial charge in [-0.2, -0.15) is 11.8 Å². The van der Waals surface area contributed by atoms with E-state index in [9.17, 15) is 19.2 Å². The van der Waals surface area contributed by atoms with Crippen molar-refractivity contribution in [1.82, 2.24) is 9.80 Å². The van der Waals surface area contributed by atoms with Crippen LogP contribution in [0.25, 0.3) is 0 Å².